The van der Waals surface area contributed by atoms with Gasteiger partial charge in [0.25, 0.3) is 0 Å². The van der Waals surface area contributed by atoms with Crippen molar-refractivity contribution in [2.75, 3.05) is 0 Å². The van der Waals surface area contributed by atoms with Gasteiger partial charge >= 0.3 is 0 Å². The largest absolute Gasteiger partial charge is 0.135 e. The van der Waals surface area contributed by atoms with Gasteiger partial charge in [0, 0.05) is 25.7 Å². The first-order valence-electron chi connectivity index (χ1n) is 20.1. The van der Waals surface area contributed by atoms with Crippen LogP contribution in [0.1, 0.15) is 33.4 Å². The summed E-state index contributed by atoms with van der Waals surface area (Å²) < 4.78 is 2.67. The molecule has 272 valence electrons. The Hall–Kier alpha value is -6.28. The minimum absolute atomic E-state index is 1.24. The van der Waals surface area contributed by atoms with Crippen LogP contribution in [0.3, 0.4) is 0 Å². The zero-order valence-corrected chi connectivity index (χ0v) is 34.1. The van der Waals surface area contributed by atoms with Gasteiger partial charge in [-0.05, 0) is 165 Å². The van der Waals surface area contributed by atoms with Gasteiger partial charge in [-0.25, -0.2) is 0 Å². The van der Waals surface area contributed by atoms with Crippen molar-refractivity contribution in [2.45, 2.75) is 41.5 Å². The fourth-order valence-electron chi connectivity index (χ4n) is 10.5. The van der Waals surface area contributed by atoms with Gasteiger partial charge in [-0.1, -0.05) is 139 Å². The summed E-state index contributed by atoms with van der Waals surface area (Å²) in [5.41, 5.74) is 23.8. The normalized spacial score (nSPS) is 12.0. The first-order chi connectivity index (χ1) is 27.8. The molecule has 0 nitrogen and oxygen atoms in total. The molecule has 9 aromatic carbocycles. The maximum Gasteiger partial charge on any atom is 0.0434 e. The summed E-state index contributed by atoms with van der Waals surface area (Å²) in [5, 5.41) is 7.93. The monoisotopic (exact) mass is 746 g/mol. The van der Waals surface area contributed by atoms with E-state index in [4.69, 9.17) is 0 Å². The van der Waals surface area contributed by atoms with Crippen molar-refractivity contribution >= 4 is 53.1 Å². The average Bonchev–Trinajstić information content (AvgIpc) is 3.75. The van der Waals surface area contributed by atoms with E-state index in [0.29, 0.717) is 0 Å². The summed E-state index contributed by atoms with van der Waals surface area (Å²) in [6.07, 6.45) is 0. The summed E-state index contributed by atoms with van der Waals surface area (Å²) >= 11 is 1.92. The lowest BCUT2D eigenvalue weighted by atomic mass is 9.79. The van der Waals surface area contributed by atoms with E-state index in [9.17, 15) is 0 Å². The van der Waals surface area contributed by atoms with Crippen LogP contribution in [0.4, 0.5) is 0 Å². The molecule has 0 saturated heterocycles. The highest BCUT2D eigenvalue weighted by Crippen LogP contribution is 2.60. The smallest absolute Gasteiger partial charge is 0.0434 e. The predicted molar refractivity (Wildman–Crippen MR) is 249 cm³/mol. The molecule has 10 aromatic rings. The molecule has 57 heavy (non-hydrogen) atoms. The molecule has 11 rings (SSSR count). The molecule has 0 radical (unpaired) electrons. The van der Waals surface area contributed by atoms with Crippen LogP contribution in [-0.4, -0.2) is 0 Å². The maximum absolute atomic E-state index is 2.46. The van der Waals surface area contributed by atoms with E-state index in [2.05, 4.69) is 187 Å². The van der Waals surface area contributed by atoms with Gasteiger partial charge in [0.1, 0.15) is 0 Å². The average molecular weight is 747 g/mol. The van der Waals surface area contributed by atoms with Gasteiger partial charge in [-0.2, -0.15) is 0 Å². The molecule has 0 amide bonds. The Bertz CT molecular complexity index is 3180. The standard InChI is InChI=1S/C56H42S/c1-31-25-33(3)49(34(4)26-31)52-42-18-10-11-19-43(42)53(50-35(5)27-32(2)28-36(50)6)55-45-24-23-39(41-20-14-21-44(51(41)45)54(52)55)46-29-38(37-15-8-7-9-16-37)30-47-40-17-12-13-22-48(40)57-56(46)47/h7-30H,1-6H3. The second-order valence-electron chi connectivity index (χ2n) is 16.3. The van der Waals surface area contributed by atoms with Crippen molar-refractivity contribution in [1.29, 1.82) is 0 Å². The number of aryl methyl sites for hydroxylation is 6. The fraction of sp³-hybridized carbons (Fsp3) is 0.107. The topological polar surface area (TPSA) is 0 Å². The maximum atomic E-state index is 2.46. The third-order valence-electron chi connectivity index (χ3n) is 12.5. The molecule has 1 heterocycles. The van der Waals surface area contributed by atoms with Gasteiger partial charge in [0.15, 0.2) is 0 Å². The Labute approximate surface area is 338 Å². The van der Waals surface area contributed by atoms with E-state index in [1.165, 1.54) is 142 Å². The second-order valence-corrected chi connectivity index (χ2v) is 17.4. The summed E-state index contributed by atoms with van der Waals surface area (Å²) in [4.78, 5) is 0. The third kappa shape index (κ3) is 4.98. The van der Waals surface area contributed by atoms with Gasteiger partial charge in [-0.3, -0.25) is 0 Å². The number of fused-ring (bicyclic) bond motifs is 7. The molecule has 0 bridgehead atoms. The highest BCUT2D eigenvalue weighted by molar-refractivity contribution is 7.26. The van der Waals surface area contributed by atoms with Crippen LogP contribution in [0.15, 0.2) is 146 Å². The molecular formula is C56H42S. The summed E-state index contributed by atoms with van der Waals surface area (Å²) in [6, 6.07) is 55.2. The molecule has 0 unspecified atom stereocenters. The van der Waals surface area contributed by atoms with E-state index in [1.807, 2.05) is 11.3 Å². The van der Waals surface area contributed by atoms with Crippen molar-refractivity contribution in [2.24, 2.45) is 0 Å². The second kappa shape index (κ2) is 12.6. The molecular weight excluding hydrogens is 705 g/mol. The predicted octanol–water partition coefficient (Wildman–Crippen LogP) is 16.5. The number of thiophene rings is 1. The summed E-state index contributed by atoms with van der Waals surface area (Å²) in [6.45, 7) is 13.6. The molecule has 0 aliphatic heterocycles. The van der Waals surface area contributed by atoms with Gasteiger partial charge in [-0.15, -0.1) is 11.3 Å². The van der Waals surface area contributed by atoms with Crippen molar-refractivity contribution in [1.82, 2.24) is 0 Å². The van der Waals surface area contributed by atoms with Crippen LogP contribution in [-0.2, 0) is 0 Å². The van der Waals surface area contributed by atoms with E-state index < -0.39 is 0 Å². The van der Waals surface area contributed by atoms with E-state index >= 15 is 0 Å². The molecule has 0 saturated carbocycles. The number of hydrogen-bond acceptors (Lipinski definition) is 1. The van der Waals surface area contributed by atoms with Crippen LogP contribution >= 0.6 is 11.3 Å². The van der Waals surface area contributed by atoms with Crippen molar-refractivity contribution < 1.29 is 0 Å². The van der Waals surface area contributed by atoms with Crippen LogP contribution in [0, 0.1) is 41.5 Å². The van der Waals surface area contributed by atoms with Crippen molar-refractivity contribution in [3.63, 3.8) is 0 Å². The number of benzene rings is 9. The molecule has 0 atom stereocenters. The van der Waals surface area contributed by atoms with E-state index in [0.717, 1.165) is 0 Å². The lowest BCUT2D eigenvalue weighted by molar-refractivity contribution is 1.32. The lowest BCUT2D eigenvalue weighted by Crippen LogP contribution is -1.99. The Kier molecular flexibility index (Phi) is 7.53. The van der Waals surface area contributed by atoms with Crippen LogP contribution in [0.2, 0.25) is 0 Å². The van der Waals surface area contributed by atoms with Gasteiger partial charge in [0.05, 0.1) is 0 Å². The zero-order valence-electron chi connectivity index (χ0n) is 33.3. The molecule has 1 aliphatic rings. The minimum Gasteiger partial charge on any atom is -0.135 e. The zero-order chi connectivity index (χ0) is 38.7. The van der Waals surface area contributed by atoms with Crippen molar-refractivity contribution in [3.8, 4) is 66.8 Å². The molecule has 0 N–H and O–H groups in total. The molecule has 1 heteroatoms. The Morgan fingerprint density at radius 1 is 0.316 bits per heavy atom. The SMILES string of the molecule is Cc1cc(C)c(-c2c3c(c(-c4c(C)cc(C)cc4C)c4ccccc24)-c2ccc(-c4cc(-c5ccccc5)cc5c4sc4ccccc45)c4cccc-3c24)c(C)c1. The Balaban J connectivity index is 1.30. The summed E-state index contributed by atoms with van der Waals surface area (Å²) in [5.74, 6) is 0. The molecule has 1 aromatic heterocycles. The van der Waals surface area contributed by atoms with E-state index in [1.54, 1.807) is 0 Å². The summed E-state index contributed by atoms with van der Waals surface area (Å²) in [7, 11) is 0. The van der Waals surface area contributed by atoms with Gasteiger partial charge in [0.2, 0.25) is 0 Å². The third-order valence-corrected chi connectivity index (χ3v) is 13.7. The minimum atomic E-state index is 1.24. The molecule has 1 aliphatic carbocycles. The highest BCUT2D eigenvalue weighted by Gasteiger charge is 2.33. The Morgan fingerprint density at radius 2 is 0.825 bits per heavy atom. The molecule has 0 fully saturated rings. The first-order valence-corrected chi connectivity index (χ1v) is 20.9. The lowest BCUT2D eigenvalue weighted by Gasteiger charge is -2.24. The first kappa shape index (κ1) is 34.0. The van der Waals surface area contributed by atoms with Crippen LogP contribution in [0.25, 0.3) is 108 Å². The quantitative estimate of drug-likeness (QED) is 0.168. The Morgan fingerprint density at radius 3 is 1.44 bits per heavy atom. The molecule has 0 spiro atoms. The van der Waals surface area contributed by atoms with Crippen molar-refractivity contribution in [3.05, 3.63) is 179 Å². The number of rotatable bonds is 4. The highest BCUT2D eigenvalue weighted by atomic mass is 32.1. The fourth-order valence-corrected chi connectivity index (χ4v) is 11.7. The number of hydrogen-bond donors (Lipinski definition) is 0. The van der Waals surface area contributed by atoms with E-state index in [-0.39, 0.29) is 0 Å². The van der Waals surface area contributed by atoms with Gasteiger partial charge < -0.3 is 0 Å². The van der Waals surface area contributed by atoms with Crippen LogP contribution < -0.4 is 0 Å². The van der Waals surface area contributed by atoms with Crippen LogP contribution in [0.5, 0.6) is 0 Å².